The van der Waals surface area contributed by atoms with Crippen LogP contribution in [0.2, 0.25) is 0 Å². The molecule has 1 unspecified atom stereocenters. The number of anilines is 2. The topological polar surface area (TPSA) is 56.8 Å². The molecule has 2 aliphatic rings. The Morgan fingerprint density at radius 1 is 1.25 bits per heavy atom. The van der Waals surface area contributed by atoms with Crippen molar-refractivity contribution in [3.05, 3.63) is 30.5 Å². The van der Waals surface area contributed by atoms with Crippen LogP contribution in [0.5, 0.6) is 0 Å². The molecule has 12 heteroatoms. The van der Waals surface area contributed by atoms with Crippen molar-refractivity contribution in [1.82, 2.24) is 9.88 Å². The largest absolute Gasteiger partial charge is 0.417 e. The number of fused-ring (bicyclic) bond motifs is 3. The van der Waals surface area contributed by atoms with Gasteiger partial charge in [0, 0.05) is 19.3 Å². The minimum atomic E-state index is -4.84. The molecule has 0 saturated carbocycles. The minimum Gasteiger partial charge on any atom is -0.339 e. The number of alkyl halides is 6. The number of carbonyl (C=O) groups excluding carboxylic acids is 2. The Hall–Kier alpha value is -2.79. The number of hydrogen-bond acceptors (Lipinski definition) is 4. The SMILES string of the molecule is C=CC(=O)N1CCN2c3ncc(C(F)(F)F)cc3N(CC(F)(F)F)C(=O)C2C1. The molecule has 0 aliphatic carbocycles. The number of pyridine rings is 1. The lowest BCUT2D eigenvalue weighted by atomic mass is 10.0. The fraction of sp³-hybridized carbons (Fsp3) is 0.438. The van der Waals surface area contributed by atoms with Crippen molar-refractivity contribution in [2.24, 2.45) is 0 Å². The molecule has 3 heterocycles. The second-order valence-corrected chi connectivity index (χ2v) is 6.30. The summed E-state index contributed by atoms with van der Waals surface area (Å²) in [6, 6.07) is -0.694. The van der Waals surface area contributed by atoms with Crippen LogP contribution in [-0.4, -0.2) is 60.1 Å². The molecule has 0 N–H and O–H groups in total. The third-order valence-corrected chi connectivity index (χ3v) is 4.49. The van der Waals surface area contributed by atoms with E-state index in [4.69, 9.17) is 0 Å². The van der Waals surface area contributed by atoms with Gasteiger partial charge in [-0.05, 0) is 12.1 Å². The van der Waals surface area contributed by atoms with Crippen LogP contribution >= 0.6 is 0 Å². The van der Waals surface area contributed by atoms with Crippen molar-refractivity contribution < 1.29 is 35.9 Å². The Kier molecular flexibility index (Phi) is 4.76. The highest BCUT2D eigenvalue weighted by molar-refractivity contribution is 6.05. The maximum atomic E-state index is 13.0. The monoisotopic (exact) mass is 408 g/mol. The Bertz CT molecular complexity index is 822. The first-order chi connectivity index (χ1) is 12.9. The van der Waals surface area contributed by atoms with E-state index >= 15 is 0 Å². The first-order valence-corrected chi connectivity index (χ1v) is 8.05. The van der Waals surface area contributed by atoms with Crippen LogP contribution in [0.1, 0.15) is 5.56 Å². The van der Waals surface area contributed by atoms with E-state index in [9.17, 15) is 35.9 Å². The molecule has 0 spiro atoms. The molecule has 1 aromatic heterocycles. The van der Waals surface area contributed by atoms with Crippen LogP contribution in [0.25, 0.3) is 0 Å². The van der Waals surface area contributed by atoms with Crippen LogP contribution < -0.4 is 9.80 Å². The molecular weight excluding hydrogens is 394 g/mol. The van der Waals surface area contributed by atoms with Crippen molar-refractivity contribution in [2.75, 3.05) is 36.0 Å². The number of piperazine rings is 1. The van der Waals surface area contributed by atoms with E-state index in [0.29, 0.717) is 12.3 Å². The smallest absolute Gasteiger partial charge is 0.339 e. The van der Waals surface area contributed by atoms with E-state index < -0.39 is 48.0 Å². The maximum absolute atomic E-state index is 13.0. The van der Waals surface area contributed by atoms with Gasteiger partial charge in [0.05, 0.1) is 17.8 Å². The molecule has 0 bridgehead atoms. The molecule has 1 fully saturated rings. The molecular formula is C16H14F6N4O2. The van der Waals surface area contributed by atoms with Crippen molar-refractivity contribution in [3.8, 4) is 0 Å². The summed E-state index contributed by atoms with van der Waals surface area (Å²) in [6.07, 6.45) is -8.15. The van der Waals surface area contributed by atoms with Gasteiger partial charge in [-0.1, -0.05) is 6.58 Å². The second kappa shape index (κ2) is 6.67. The molecule has 0 radical (unpaired) electrons. The van der Waals surface area contributed by atoms with Gasteiger partial charge in [0.1, 0.15) is 12.6 Å². The Morgan fingerprint density at radius 2 is 1.93 bits per heavy atom. The van der Waals surface area contributed by atoms with E-state index in [1.165, 1.54) is 9.80 Å². The van der Waals surface area contributed by atoms with Crippen LogP contribution in [0, 0.1) is 0 Å². The van der Waals surface area contributed by atoms with Crippen molar-refractivity contribution in [3.63, 3.8) is 0 Å². The maximum Gasteiger partial charge on any atom is 0.417 e. The highest BCUT2D eigenvalue weighted by Gasteiger charge is 2.47. The number of aromatic nitrogens is 1. The van der Waals surface area contributed by atoms with Crippen LogP contribution in [0.15, 0.2) is 24.9 Å². The quantitative estimate of drug-likeness (QED) is 0.556. The van der Waals surface area contributed by atoms with Gasteiger partial charge in [0.15, 0.2) is 5.82 Å². The van der Waals surface area contributed by atoms with E-state index in [-0.39, 0.29) is 30.4 Å². The first kappa shape index (κ1) is 20.0. The number of halogens is 6. The average Bonchev–Trinajstić information content (AvgIpc) is 2.62. The van der Waals surface area contributed by atoms with Crippen LogP contribution in [0.4, 0.5) is 37.8 Å². The Morgan fingerprint density at radius 3 is 2.50 bits per heavy atom. The Labute approximate surface area is 155 Å². The van der Waals surface area contributed by atoms with Gasteiger partial charge in [-0.15, -0.1) is 0 Å². The lowest BCUT2D eigenvalue weighted by molar-refractivity contribution is -0.138. The normalized spacial score (nSPS) is 20.0. The van der Waals surface area contributed by atoms with Gasteiger partial charge >= 0.3 is 12.4 Å². The summed E-state index contributed by atoms with van der Waals surface area (Å²) in [5.41, 5.74) is -1.82. The molecule has 1 atom stereocenters. The zero-order valence-corrected chi connectivity index (χ0v) is 14.2. The molecule has 1 saturated heterocycles. The van der Waals surface area contributed by atoms with E-state index in [1.54, 1.807) is 0 Å². The molecule has 0 aromatic carbocycles. The van der Waals surface area contributed by atoms with Gasteiger partial charge in [-0.25, -0.2) is 4.98 Å². The third-order valence-electron chi connectivity index (χ3n) is 4.49. The summed E-state index contributed by atoms with van der Waals surface area (Å²) in [5, 5.41) is 0. The lowest BCUT2D eigenvalue weighted by Crippen LogP contribution is -2.64. The molecule has 2 amide bonds. The zero-order chi connectivity index (χ0) is 20.9. The predicted molar refractivity (Wildman–Crippen MR) is 85.6 cm³/mol. The van der Waals surface area contributed by atoms with Gasteiger partial charge in [-0.3, -0.25) is 14.5 Å². The summed E-state index contributed by atoms with van der Waals surface area (Å²) in [6.45, 7) is 1.49. The highest BCUT2D eigenvalue weighted by Crippen LogP contribution is 2.41. The van der Waals surface area contributed by atoms with Gasteiger partial charge in [-0.2, -0.15) is 26.3 Å². The number of amides is 2. The standard InChI is InChI=1S/C16H14F6N4O2/c1-2-12(27)24-3-4-25-11(7-24)14(28)26(8-15(17,18)19)10-5-9(16(20,21)22)6-23-13(10)25/h2,5-6,11H,1,3-4,7-8H2. The minimum absolute atomic E-state index is 0.0290. The van der Waals surface area contributed by atoms with E-state index in [2.05, 4.69) is 11.6 Å². The van der Waals surface area contributed by atoms with Crippen LogP contribution in [-0.2, 0) is 15.8 Å². The molecule has 28 heavy (non-hydrogen) atoms. The second-order valence-electron chi connectivity index (χ2n) is 6.30. The molecule has 152 valence electrons. The average molecular weight is 408 g/mol. The van der Waals surface area contributed by atoms with Crippen molar-refractivity contribution in [1.29, 1.82) is 0 Å². The number of hydrogen-bond donors (Lipinski definition) is 0. The Balaban J connectivity index is 2.07. The molecule has 1 aromatic rings. The number of nitrogens with zero attached hydrogens (tertiary/aromatic N) is 4. The zero-order valence-electron chi connectivity index (χ0n) is 14.2. The summed E-state index contributed by atoms with van der Waals surface area (Å²) >= 11 is 0. The summed E-state index contributed by atoms with van der Waals surface area (Å²) in [5.74, 6) is -1.71. The lowest BCUT2D eigenvalue weighted by Gasteiger charge is -2.47. The number of carbonyl (C=O) groups is 2. The predicted octanol–water partition coefficient (Wildman–Crippen LogP) is 2.21. The molecule has 3 rings (SSSR count). The summed E-state index contributed by atoms with van der Waals surface area (Å²) in [4.78, 5) is 31.1. The highest BCUT2D eigenvalue weighted by atomic mass is 19.4. The number of rotatable bonds is 2. The fourth-order valence-corrected chi connectivity index (χ4v) is 3.24. The van der Waals surface area contributed by atoms with Gasteiger partial charge in [0.25, 0.3) is 5.91 Å². The first-order valence-electron chi connectivity index (χ1n) is 8.05. The summed E-state index contributed by atoms with van der Waals surface area (Å²) < 4.78 is 78.0. The third kappa shape index (κ3) is 3.62. The summed E-state index contributed by atoms with van der Waals surface area (Å²) in [7, 11) is 0. The van der Waals surface area contributed by atoms with Crippen molar-refractivity contribution in [2.45, 2.75) is 18.4 Å². The van der Waals surface area contributed by atoms with E-state index in [0.717, 1.165) is 6.08 Å². The molecule has 6 nitrogen and oxygen atoms in total. The van der Waals surface area contributed by atoms with Crippen LogP contribution in [0.3, 0.4) is 0 Å². The molecule has 2 aliphatic heterocycles. The van der Waals surface area contributed by atoms with Gasteiger partial charge < -0.3 is 9.80 Å². The van der Waals surface area contributed by atoms with Gasteiger partial charge in [0.2, 0.25) is 5.91 Å². The fourth-order valence-electron chi connectivity index (χ4n) is 3.24. The van der Waals surface area contributed by atoms with E-state index in [1.807, 2.05) is 0 Å². The van der Waals surface area contributed by atoms with Crippen molar-refractivity contribution >= 4 is 23.3 Å².